The van der Waals surface area contributed by atoms with Crippen LogP contribution in [0.25, 0.3) is 11.0 Å². The van der Waals surface area contributed by atoms with Crippen LogP contribution < -0.4 is 5.56 Å². The van der Waals surface area contributed by atoms with Crippen LogP contribution >= 0.6 is 0 Å². The minimum atomic E-state index is -4.02. The second kappa shape index (κ2) is 17.7. The molecule has 0 amide bonds. The van der Waals surface area contributed by atoms with E-state index in [-0.39, 0.29) is 4.90 Å². The summed E-state index contributed by atoms with van der Waals surface area (Å²) in [7, 11) is -4.02. The number of hydrogen-bond donors (Lipinski definition) is 3. The van der Waals surface area contributed by atoms with Gasteiger partial charge in [-0.05, 0) is 88.0 Å². The monoisotopic (exact) mass is 655 g/mol. The van der Waals surface area contributed by atoms with Crippen LogP contribution in [-0.4, -0.2) is 57.0 Å². The van der Waals surface area contributed by atoms with E-state index in [0.717, 1.165) is 35.5 Å². The molecule has 3 aromatic rings. The number of carboxylic acids is 1. The Kier molecular flexibility index (Phi) is 14.4. The maximum Gasteiger partial charge on any atom is 0.360 e. The smallest absolute Gasteiger partial charge is 0.360 e. The molecule has 2 saturated carbocycles. The fourth-order valence-electron chi connectivity index (χ4n) is 7.44. The molecule has 3 fully saturated rings. The number of fused-ring (bicyclic) bond motifs is 3. The molecule has 46 heavy (non-hydrogen) atoms. The summed E-state index contributed by atoms with van der Waals surface area (Å²) in [5.74, 6) is 0.834. The number of aromatic nitrogens is 2. The van der Waals surface area contributed by atoms with Gasteiger partial charge in [0.15, 0.2) is 0 Å². The highest BCUT2D eigenvalue weighted by atomic mass is 32.2. The predicted octanol–water partition coefficient (Wildman–Crippen LogP) is 7.89. The first-order chi connectivity index (χ1) is 22.0. The summed E-state index contributed by atoms with van der Waals surface area (Å²) in [6.45, 7) is 10.7. The van der Waals surface area contributed by atoms with Gasteiger partial charge in [0.25, 0.3) is 15.7 Å². The lowest BCUT2D eigenvalue weighted by Crippen LogP contribution is -2.54. The summed E-state index contributed by atoms with van der Waals surface area (Å²) in [5, 5.41) is 8.64. The van der Waals surface area contributed by atoms with Gasteiger partial charge in [-0.25, -0.2) is 9.78 Å². The van der Waals surface area contributed by atoms with E-state index in [0.29, 0.717) is 11.0 Å². The van der Waals surface area contributed by atoms with Crippen molar-refractivity contribution in [1.29, 1.82) is 0 Å². The van der Waals surface area contributed by atoms with Gasteiger partial charge in [0, 0.05) is 18.1 Å². The number of aromatic carboxylic acids is 1. The van der Waals surface area contributed by atoms with Gasteiger partial charge in [0.2, 0.25) is 5.69 Å². The van der Waals surface area contributed by atoms with Crippen molar-refractivity contribution in [3.63, 3.8) is 0 Å². The summed E-state index contributed by atoms with van der Waals surface area (Å²) >= 11 is 0. The number of nitrogens with one attached hydrogen (secondary N) is 1. The minimum absolute atomic E-state index is 0.0666. The third-order valence-corrected chi connectivity index (χ3v) is 10.4. The normalized spacial score (nSPS) is 24.3. The maximum absolute atomic E-state index is 11.2. The minimum Gasteiger partial charge on any atom is -0.476 e. The van der Waals surface area contributed by atoms with Gasteiger partial charge in [-0.15, -0.1) is 0 Å². The fourth-order valence-corrected chi connectivity index (χ4v) is 7.92. The highest BCUT2D eigenvalue weighted by molar-refractivity contribution is 7.85. The standard InChI is InChI=1S/C18H33N.C9H6N2O3.C7H8O3S.C2H6/c1-3-16-9-6-10-17(4-2)19(16)18-12-14-7-5-8-15(11-14)13-18;12-8-7(9(13)14)10-5-3-1-2-4-6(5)11-8;1-6-2-4-7(5-3-6)11(8,9)10;1-2/h14-18H,3-13H2,1-2H3;1-4H,(H,11,12)(H,13,14);2-5H,1H3,(H,8,9,10);1-2H3. The summed E-state index contributed by atoms with van der Waals surface area (Å²) in [6.07, 6.45) is 16.4. The van der Waals surface area contributed by atoms with Crippen LogP contribution in [0, 0.1) is 18.8 Å². The first-order valence-electron chi connectivity index (χ1n) is 17.0. The predicted molar refractivity (Wildman–Crippen MR) is 184 cm³/mol. The Bertz CT molecular complexity index is 1530. The van der Waals surface area contributed by atoms with Crippen LogP contribution in [0.2, 0.25) is 0 Å². The highest BCUT2D eigenvalue weighted by Crippen LogP contribution is 2.44. The third-order valence-electron chi connectivity index (χ3n) is 9.51. The topological polar surface area (TPSA) is 141 Å². The Morgan fingerprint density at radius 2 is 1.43 bits per heavy atom. The van der Waals surface area contributed by atoms with Crippen molar-refractivity contribution in [3.8, 4) is 0 Å². The van der Waals surface area contributed by atoms with Crippen molar-refractivity contribution in [2.45, 2.75) is 128 Å². The van der Waals surface area contributed by atoms with Gasteiger partial charge in [-0.3, -0.25) is 14.2 Å². The molecule has 1 aliphatic heterocycles. The van der Waals surface area contributed by atoms with Gasteiger partial charge >= 0.3 is 5.97 Å². The lowest BCUT2D eigenvalue weighted by molar-refractivity contribution is -0.0134. The number of H-pyrrole nitrogens is 1. The van der Waals surface area contributed by atoms with Gasteiger partial charge in [0.1, 0.15) is 0 Å². The molecule has 2 bridgehead atoms. The molecule has 2 aliphatic carbocycles. The first-order valence-corrected chi connectivity index (χ1v) is 18.5. The van der Waals surface area contributed by atoms with Crippen LogP contribution in [0.4, 0.5) is 0 Å². The largest absolute Gasteiger partial charge is 0.476 e. The summed E-state index contributed by atoms with van der Waals surface area (Å²) < 4.78 is 29.6. The molecule has 1 saturated heterocycles. The lowest BCUT2D eigenvalue weighted by atomic mass is 9.69. The van der Waals surface area contributed by atoms with Gasteiger partial charge in [-0.1, -0.05) is 83.2 Å². The number of hydrogen-bond acceptors (Lipinski definition) is 6. The molecule has 3 N–H and O–H groups in total. The van der Waals surface area contributed by atoms with Gasteiger partial charge < -0.3 is 10.1 Å². The Labute approximate surface area is 274 Å². The number of piperidine rings is 1. The summed E-state index contributed by atoms with van der Waals surface area (Å²) in [6, 6.07) is 15.5. The molecular formula is C36H53N3O6S. The van der Waals surface area contributed by atoms with E-state index in [2.05, 4.69) is 28.7 Å². The number of benzene rings is 2. The summed E-state index contributed by atoms with van der Waals surface area (Å²) in [4.78, 5) is 30.9. The number of carboxylic acid groups (broad SMARTS) is 1. The number of likely N-dealkylation sites (tertiary alicyclic amines) is 1. The molecule has 254 valence electrons. The lowest BCUT2D eigenvalue weighted by Gasteiger charge is -2.51. The van der Waals surface area contributed by atoms with Crippen molar-refractivity contribution in [1.82, 2.24) is 14.9 Å². The van der Waals surface area contributed by atoms with Crippen LogP contribution in [-0.2, 0) is 10.1 Å². The van der Waals surface area contributed by atoms with Gasteiger partial charge in [0.05, 0.1) is 15.9 Å². The Hall–Kier alpha value is -3.08. The molecule has 3 aliphatic rings. The van der Waals surface area contributed by atoms with Crippen LogP contribution in [0.15, 0.2) is 58.2 Å². The van der Waals surface area contributed by atoms with E-state index in [1.807, 2.05) is 20.8 Å². The van der Waals surface area contributed by atoms with Crippen molar-refractivity contribution < 1.29 is 22.9 Å². The SMILES string of the molecule is CC.CCC1CCCC(CC)N1C1CC2CCCC(C2)C1.Cc1ccc(S(=O)(=O)O)cc1.O=C(O)c1nc2ccccc2[nH]c1=O. The average molecular weight is 656 g/mol. The number of carbonyl (C=O) groups is 1. The average Bonchev–Trinajstić information content (AvgIpc) is 3.05. The molecule has 4 atom stereocenters. The number of para-hydroxylation sites is 2. The van der Waals surface area contributed by atoms with Crippen molar-refractivity contribution in [2.75, 3.05) is 0 Å². The molecule has 0 spiro atoms. The summed E-state index contributed by atoms with van der Waals surface area (Å²) in [5.41, 5.74) is 0.782. The van der Waals surface area contributed by atoms with Crippen LogP contribution in [0.1, 0.15) is 114 Å². The Morgan fingerprint density at radius 1 is 0.891 bits per heavy atom. The van der Waals surface area contributed by atoms with E-state index in [1.54, 1.807) is 42.8 Å². The van der Waals surface area contributed by atoms with E-state index < -0.39 is 27.3 Å². The van der Waals surface area contributed by atoms with Crippen molar-refractivity contribution >= 4 is 27.1 Å². The molecule has 1 aromatic heterocycles. The molecule has 0 radical (unpaired) electrons. The molecule has 9 nitrogen and oxygen atoms in total. The van der Waals surface area contributed by atoms with Crippen molar-refractivity contribution in [3.05, 3.63) is 70.1 Å². The number of nitrogens with zero attached hydrogens (tertiary/aromatic N) is 2. The zero-order valence-corrected chi connectivity index (χ0v) is 28.9. The second-order valence-electron chi connectivity index (χ2n) is 12.6. The maximum atomic E-state index is 11.2. The van der Waals surface area contributed by atoms with E-state index in [4.69, 9.17) is 9.66 Å². The fraction of sp³-hybridized carbons (Fsp3) is 0.583. The zero-order chi connectivity index (χ0) is 33.9. The van der Waals surface area contributed by atoms with Crippen molar-refractivity contribution in [2.24, 2.45) is 11.8 Å². The molecule has 4 unspecified atom stereocenters. The van der Waals surface area contributed by atoms with Crippen LogP contribution in [0.5, 0.6) is 0 Å². The van der Waals surface area contributed by atoms with E-state index >= 15 is 0 Å². The number of aromatic amines is 1. The Balaban J connectivity index is 0.000000190. The van der Waals surface area contributed by atoms with E-state index in [9.17, 15) is 18.0 Å². The number of aryl methyl sites for hydroxylation is 1. The highest BCUT2D eigenvalue weighted by Gasteiger charge is 2.39. The quantitative estimate of drug-likeness (QED) is 0.236. The van der Waals surface area contributed by atoms with Gasteiger partial charge in [-0.2, -0.15) is 8.42 Å². The molecule has 2 heterocycles. The molecule has 2 aromatic carbocycles. The van der Waals surface area contributed by atoms with Crippen LogP contribution in [0.3, 0.4) is 0 Å². The Morgan fingerprint density at radius 3 is 1.96 bits per heavy atom. The molecule has 10 heteroatoms. The molecular weight excluding hydrogens is 602 g/mol. The van der Waals surface area contributed by atoms with E-state index in [1.165, 1.54) is 76.3 Å². The number of rotatable bonds is 5. The molecule has 6 rings (SSSR count). The first kappa shape index (κ1) is 37.4. The third kappa shape index (κ3) is 10.2. The zero-order valence-electron chi connectivity index (χ0n) is 28.1. The second-order valence-corrected chi connectivity index (χ2v) is 14.0.